The summed E-state index contributed by atoms with van der Waals surface area (Å²) in [5.74, 6) is -0.132. The van der Waals surface area contributed by atoms with Gasteiger partial charge in [0.2, 0.25) is 0 Å². The summed E-state index contributed by atoms with van der Waals surface area (Å²) in [6.07, 6.45) is 4.17. The molecule has 1 aliphatic rings. The van der Waals surface area contributed by atoms with Crippen LogP contribution in [0.25, 0.3) is 5.70 Å². The Labute approximate surface area is 159 Å². The number of benzene rings is 1. The van der Waals surface area contributed by atoms with E-state index in [1.165, 1.54) is 17.0 Å². The number of halogens is 3. The van der Waals surface area contributed by atoms with E-state index in [0.29, 0.717) is 18.1 Å². The Kier molecular flexibility index (Phi) is 8.06. The molecule has 23 heavy (non-hydrogen) atoms. The first-order valence-electron chi connectivity index (χ1n) is 7.00. The van der Waals surface area contributed by atoms with Crippen LogP contribution in [-0.2, 0) is 32.7 Å². The number of alkyl halides is 2. The number of ether oxygens (including phenoxy) is 1. The van der Waals surface area contributed by atoms with Gasteiger partial charge in [-0.15, -0.1) is 12.1 Å². The molecule has 0 aliphatic carbocycles. The van der Waals surface area contributed by atoms with Gasteiger partial charge in [0.15, 0.2) is 0 Å². The van der Waals surface area contributed by atoms with Crippen LogP contribution in [0, 0.1) is 11.9 Å². The molecule has 1 aromatic rings. The zero-order valence-electron chi connectivity index (χ0n) is 12.9. The van der Waals surface area contributed by atoms with Crippen molar-refractivity contribution in [1.82, 2.24) is 4.90 Å². The van der Waals surface area contributed by atoms with E-state index < -0.39 is 18.8 Å². The third kappa shape index (κ3) is 5.22. The van der Waals surface area contributed by atoms with E-state index in [-0.39, 0.29) is 44.0 Å². The van der Waals surface area contributed by atoms with Crippen LogP contribution >= 0.6 is 0 Å². The van der Waals surface area contributed by atoms with Gasteiger partial charge in [-0.25, -0.2) is 13.2 Å². The number of hydrogen-bond acceptors (Lipinski definition) is 2. The van der Waals surface area contributed by atoms with E-state index in [9.17, 15) is 13.2 Å². The molecule has 0 aromatic heterocycles. The van der Waals surface area contributed by atoms with Crippen molar-refractivity contribution in [3.05, 3.63) is 60.1 Å². The zero-order valence-corrected chi connectivity index (χ0v) is 15.7. The second-order valence-electron chi connectivity index (χ2n) is 4.81. The molecule has 0 fully saturated rings. The van der Waals surface area contributed by atoms with Crippen molar-refractivity contribution in [2.45, 2.75) is 19.8 Å². The molecule has 1 aliphatic heterocycles. The molecule has 0 atom stereocenters. The fourth-order valence-corrected chi connectivity index (χ4v) is 2.10. The van der Waals surface area contributed by atoms with Gasteiger partial charge in [-0.05, 0) is 18.2 Å². The minimum atomic E-state index is -2.56. The Hall–Kier alpha value is -1.07. The van der Waals surface area contributed by atoms with Crippen LogP contribution in [0.3, 0.4) is 0 Å². The van der Waals surface area contributed by atoms with Crippen molar-refractivity contribution in [3.63, 3.8) is 0 Å². The summed E-state index contributed by atoms with van der Waals surface area (Å²) >= 11 is 0. The first-order valence-corrected chi connectivity index (χ1v) is 7.00. The molecule has 0 unspecified atom stereocenters. The summed E-state index contributed by atoms with van der Waals surface area (Å²) in [4.78, 5) is 1.26. The van der Waals surface area contributed by atoms with Gasteiger partial charge in [0, 0.05) is 38.8 Å². The van der Waals surface area contributed by atoms with Gasteiger partial charge in [0.1, 0.15) is 5.75 Å². The average Bonchev–Trinajstić information content (AvgIpc) is 2.47. The summed E-state index contributed by atoms with van der Waals surface area (Å²) in [6, 6.07) is 4.37. The number of nitrogens with zero attached hydrogens (tertiary/aromatic N) is 1. The van der Waals surface area contributed by atoms with Crippen molar-refractivity contribution in [3.8, 4) is 5.75 Å². The van der Waals surface area contributed by atoms with Gasteiger partial charge in [-0.3, -0.25) is 0 Å². The van der Waals surface area contributed by atoms with E-state index in [4.69, 9.17) is 4.74 Å². The monoisotopic (exact) mass is 397 g/mol. The summed E-state index contributed by atoms with van der Waals surface area (Å²) in [7, 11) is 0. The Morgan fingerprint density at radius 2 is 2.09 bits per heavy atom. The molecule has 0 spiro atoms. The fourth-order valence-electron chi connectivity index (χ4n) is 2.10. The molecule has 1 radical (unpaired) electrons. The molecule has 0 saturated heterocycles. The molecule has 121 valence electrons. The first-order chi connectivity index (χ1) is 10.5. The van der Waals surface area contributed by atoms with Gasteiger partial charge in [-0.2, -0.15) is 12.2 Å². The molecule has 0 saturated carbocycles. The van der Waals surface area contributed by atoms with Gasteiger partial charge in [0.25, 0.3) is 6.43 Å². The van der Waals surface area contributed by atoms with Crippen LogP contribution < -0.4 is 4.74 Å². The molecule has 1 aromatic carbocycles. The van der Waals surface area contributed by atoms with Gasteiger partial charge in [0.05, 0.1) is 19.0 Å². The molecule has 1 heterocycles. The van der Waals surface area contributed by atoms with Gasteiger partial charge < -0.3 is 9.64 Å². The van der Waals surface area contributed by atoms with E-state index in [1.54, 1.807) is 18.2 Å². The largest absolute Gasteiger partial charge is 0.494 e. The molecular weight excluding hydrogens is 380 g/mol. The second kappa shape index (κ2) is 9.28. The quantitative estimate of drug-likeness (QED) is 0.660. The number of allylic oxidation sites excluding steroid dienone is 3. The van der Waals surface area contributed by atoms with Gasteiger partial charge in [-0.1, -0.05) is 24.8 Å². The summed E-state index contributed by atoms with van der Waals surface area (Å²) < 4.78 is 45.1. The summed E-state index contributed by atoms with van der Waals surface area (Å²) in [5, 5.41) is 0. The predicted octanol–water partition coefficient (Wildman–Crippen LogP) is 4.41. The SMILES string of the molecule is C=C1C=C[C-]=C(c2ccc(OCCC)cc2F)N1CC(F)F.[Y]. The first kappa shape index (κ1) is 20.0. The Morgan fingerprint density at radius 3 is 2.70 bits per heavy atom. The molecule has 6 heteroatoms. The second-order valence-corrected chi connectivity index (χ2v) is 4.81. The minimum absolute atomic E-state index is 0. The van der Waals surface area contributed by atoms with E-state index >= 15 is 0 Å². The normalized spacial score (nSPS) is 13.9. The minimum Gasteiger partial charge on any atom is -0.494 e. The standard InChI is InChI=1S/C17H17F3NO.Y/c1-3-9-22-13-7-8-14(15(18)10-13)16-6-4-5-12(2)21(16)11-17(19)20;/h4-5,7-8,10,17H,2-3,9,11H2,1H3;/q-1;. The Balaban J connectivity index is 0.00000264. The molecule has 2 rings (SSSR count). The average molecular weight is 397 g/mol. The smallest absolute Gasteiger partial charge is 0.256 e. The van der Waals surface area contributed by atoms with Crippen LogP contribution in [0.1, 0.15) is 18.9 Å². The maximum Gasteiger partial charge on any atom is 0.256 e. The Bertz CT molecular complexity index is 614. The third-order valence-corrected chi connectivity index (χ3v) is 3.10. The van der Waals surface area contributed by atoms with E-state index in [0.717, 1.165) is 6.42 Å². The van der Waals surface area contributed by atoms with Crippen LogP contribution in [0.15, 0.2) is 42.6 Å². The van der Waals surface area contributed by atoms with Crippen molar-refractivity contribution in [1.29, 1.82) is 0 Å². The maximum absolute atomic E-state index is 14.3. The third-order valence-electron chi connectivity index (χ3n) is 3.10. The molecule has 0 amide bonds. The van der Waals surface area contributed by atoms with Gasteiger partial charge >= 0.3 is 0 Å². The van der Waals surface area contributed by atoms with Crippen molar-refractivity contribution >= 4 is 5.70 Å². The molecule has 0 N–H and O–H groups in total. The van der Waals surface area contributed by atoms with Crippen LogP contribution in [-0.4, -0.2) is 24.5 Å². The summed E-state index contributed by atoms with van der Waals surface area (Å²) in [5.41, 5.74) is 0.807. The number of rotatable bonds is 6. The molecule has 2 nitrogen and oxygen atoms in total. The summed E-state index contributed by atoms with van der Waals surface area (Å²) in [6.45, 7) is 5.60. The zero-order chi connectivity index (χ0) is 16.1. The number of hydrogen-bond donors (Lipinski definition) is 0. The maximum atomic E-state index is 14.3. The fraction of sp³-hybridized carbons (Fsp3) is 0.294. The van der Waals surface area contributed by atoms with Crippen LogP contribution in [0.4, 0.5) is 13.2 Å². The van der Waals surface area contributed by atoms with E-state index in [1.807, 2.05) is 6.92 Å². The molecule has 0 bridgehead atoms. The predicted molar refractivity (Wildman–Crippen MR) is 79.8 cm³/mol. The van der Waals surface area contributed by atoms with Crippen molar-refractivity contribution < 1.29 is 50.6 Å². The van der Waals surface area contributed by atoms with Crippen molar-refractivity contribution in [2.75, 3.05) is 13.2 Å². The molecular formula is C17H17F3NOY-. The Morgan fingerprint density at radius 1 is 1.35 bits per heavy atom. The van der Waals surface area contributed by atoms with E-state index in [2.05, 4.69) is 12.7 Å². The van der Waals surface area contributed by atoms with Crippen molar-refractivity contribution in [2.24, 2.45) is 0 Å². The van der Waals surface area contributed by atoms with Crippen LogP contribution in [0.2, 0.25) is 0 Å². The topological polar surface area (TPSA) is 12.5 Å². The van der Waals surface area contributed by atoms with Crippen LogP contribution in [0.5, 0.6) is 5.75 Å².